The van der Waals surface area contributed by atoms with Crippen molar-refractivity contribution in [2.24, 2.45) is 11.5 Å². The first-order valence-electron chi connectivity index (χ1n) is 6.02. The van der Waals surface area contributed by atoms with E-state index in [-0.39, 0.29) is 10.7 Å². The molecule has 0 saturated carbocycles. The number of rotatable bonds is 4. The number of imide groups is 1. The van der Waals surface area contributed by atoms with Crippen LogP contribution in [0.1, 0.15) is 19.8 Å². The van der Waals surface area contributed by atoms with Crippen molar-refractivity contribution in [3.05, 3.63) is 0 Å². The summed E-state index contributed by atoms with van der Waals surface area (Å²) in [6.45, 7) is 3.18. The topological polar surface area (TPSA) is 101 Å². The molecule has 0 aromatic carbocycles. The van der Waals surface area contributed by atoms with E-state index in [0.717, 1.165) is 12.8 Å². The van der Waals surface area contributed by atoms with Crippen LogP contribution in [-0.4, -0.2) is 52.0 Å². The lowest BCUT2D eigenvalue weighted by atomic mass is 9.94. The normalized spacial score (nSPS) is 20.5. The molecule has 19 heavy (non-hydrogen) atoms. The van der Waals surface area contributed by atoms with Crippen LogP contribution in [0.25, 0.3) is 0 Å². The molecule has 1 heterocycles. The average molecular weight is 304 g/mol. The minimum absolute atomic E-state index is 0.175. The summed E-state index contributed by atoms with van der Waals surface area (Å²) in [7, 11) is 0. The van der Waals surface area contributed by atoms with Crippen LogP contribution < -0.4 is 16.8 Å². The van der Waals surface area contributed by atoms with Crippen molar-refractivity contribution >= 4 is 40.9 Å². The van der Waals surface area contributed by atoms with Crippen molar-refractivity contribution < 1.29 is 9.59 Å². The number of piperidine rings is 1. The van der Waals surface area contributed by atoms with Crippen molar-refractivity contribution in [3.8, 4) is 0 Å². The molecule has 1 saturated heterocycles. The number of thiocarbonyl (C=S) groups is 1. The molecule has 1 fully saturated rings. The van der Waals surface area contributed by atoms with E-state index in [4.69, 9.17) is 23.7 Å². The van der Waals surface area contributed by atoms with E-state index >= 15 is 0 Å². The molecule has 0 spiro atoms. The predicted octanol–water partition coefficient (Wildman–Crippen LogP) is 0.0535. The number of likely N-dealkylation sites (tertiary alicyclic amines) is 1. The van der Waals surface area contributed by atoms with Crippen LogP contribution in [-0.2, 0) is 4.79 Å². The summed E-state index contributed by atoms with van der Waals surface area (Å²) < 4.78 is -0.175. The summed E-state index contributed by atoms with van der Waals surface area (Å²) in [5.41, 5.74) is 10.8. The third-order valence-corrected chi connectivity index (χ3v) is 5.55. The lowest BCUT2D eigenvalue weighted by Gasteiger charge is -2.41. The van der Waals surface area contributed by atoms with Crippen LogP contribution in [0.5, 0.6) is 0 Å². The smallest absolute Gasteiger partial charge is 0.318 e. The fourth-order valence-electron chi connectivity index (χ4n) is 2.22. The van der Waals surface area contributed by atoms with Gasteiger partial charge in [0, 0.05) is 13.1 Å². The Bertz CT molecular complexity index is 381. The largest absolute Gasteiger partial charge is 0.392 e. The molecule has 1 rings (SSSR count). The van der Waals surface area contributed by atoms with E-state index in [9.17, 15) is 9.59 Å². The Hall–Kier alpha value is -0.860. The van der Waals surface area contributed by atoms with Crippen LogP contribution in [0.15, 0.2) is 0 Å². The first-order chi connectivity index (χ1) is 8.82. The minimum Gasteiger partial charge on any atom is -0.392 e. The zero-order valence-electron chi connectivity index (χ0n) is 11.1. The van der Waals surface area contributed by atoms with Crippen molar-refractivity contribution in [2.75, 3.05) is 19.3 Å². The fraction of sp³-hybridized carbons (Fsp3) is 0.727. The molecule has 0 bridgehead atoms. The molecule has 1 aliphatic rings. The van der Waals surface area contributed by atoms with E-state index in [2.05, 4.69) is 5.32 Å². The zero-order valence-corrected chi connectivity index (χ0v) is 12.8. The van der Waals surface area contributed by atoms with Gasteiger partial charge in [-0.15, -0.1) is 0 Å². The molecule has 1 aliphatic heterocycles. The number of hydrogen-bond donors (Lipinski definition) is 3. The molecule has 5 N–H and O–H groups in total. The maximum atomic E-state index is 11.7. The SMILES string of the molecule is CSC1(C(N)=S)CCN(C(C)C(=O)NC(N)=O)CC1. The number of carbonyl (C=O) groups is 2. The van der Waals surface area contributed by atoms with Crippen LogP contribution in [0.4, 0.5) is 4.79 Å². The van der Waals surface area contributed by atoms with E-state index in [1.807, 2.05) is 11.2 Å². The summed E-state index contributed by atoms with van der Waals surface area (Å²) in [4.78, 5) is 24.9. The van der Waals surface area contributed by atoms with Gasteiger partial charge in [0.15, 0.2) is 0 Å². The molecule has 3 amide bonds. The molecular weight excluding hydrogens is 284 g/mol. The van der Waals surface area contributed by atoms with Crippen LogP contribution in [0.2, 0.25) is 0 Å². The second-order valence-corrected chi connectivity index (χ2v) is 6.26. The molecule has 8 heteroatoms. The van der Waals surface area contributed by atoms with Gasteiger partial charge in [-0.1, -0.05) is 12.2 Å². The standard InChI is InChI=1S/C11H20N4O2S2/c1-7(8(16)14-10(13)17)15-5-3-11(19-2,4-6-15)9(12)18/h7H,3-6H2,1-2H3,(H2,12,18)(H3,13,14,16,17). The highest BCUT2D eigenvalue weighted by Gasteiger charge is 2.38. The molecular formula is C11H20N4O2S2. The highest BCUT2D eigenvalue weighted by atomic mass is 32.2. The first kappa shape index (κ1) is 16.2. The fourth-order valence-corrected chi connectivity index (χ4v) is 3.46. The predicted molar refractivity (Wildman–Crippen MR) is 81.0 cm³/mol. The Labute approximate surface area is 122 Å². The third kappa shape index (κ3) is 3.80. The second kappa shape index (κ2) is 6.53. The number of hydrogen-bond acceptors (Lipinski definition) is 5. The van der Waals surface area contributed by atoms with Gasteiger partial charge in [-0.3, -0.25) is 15.0 Å². The lowest BCUT2D eigenvalue weighted by Crippen LogP contribution is -2.55. The van der Waals surface area contributed by atoms with Gasteiger partial charge in [0.05, 0.1) is 15.8 Å². The summed E-state index contributed by atoms with van der Waals surface area (Å²) in [6.07, 6.45) is 3.60. The van der Waals surface area contributed by atoms with Gasteiger partial charge in [0.2, 0.25) is 5.91 Å². The van der Waals surface area contributed by atoms with Gasteiger partial charge in [0.1, 0.15) is 0 Å². The number of primary amides is 1. The van der Waals surface area contributed by atoms with Crippen molar-refractivity contribution in [3.63, 3.8) is 0 Å². The highest BCUT2D eigenvalue weighted by molar-refractivity contribution is 8.02. The Morgan fingerprint density at radius 2 is 1.89 bits per heavy atom. The Morgan fingerprint density at radius 1 is 1.37 bits per heavy atom. The van der Waals surface area contributed by atoms with Crippen molar-refractivity contribution in [1.82, 2.24) is 10.2 Å². The Morgan fingerprint density at radius 3 is 2.26 bits per heavy atom. The third-order valence-electron chi connectivity index (χ3n) is 3.62. The Balaban J connectivity index is 2.60. The summed E-state index contributed by atoms with van der Waals surface area (Å²) in [6, 6.07) is -1.21. The van der Waals surface area contributed by atoms with Crippen LogP contribution >= 0.6 is 24.0 Å². The van der Waals surface area contributed by atoms with E-state index in [1.165, 1.54) is 0 Å². The monoisotopic (exact) mass is 304 g/mol. The van der Waals surface area contributed by atoms with Gasteiger partial charge < -0.3 is 11.5 Å². The van der Waals surface area contributed by atoms with E-state index < -0.39 is 12.1 Å². The quantitative estimate of drug-likeness (QED) is 0.635. The molecule has 6 nitrogen and oxygen atoms in total. The number of urea groups is 1. The molecule has 0 aromatic heterocycles. The average Bonchev–Trinajstić information content (AvgIpc) is 2.37. The molecule has 0 radical (unpaired) electrons. The molecule has 1 unspecified atom stereocenters. The van der Waals surface area contributed by atoms with Crippen molar-refractivity contribution in [1.29, 1.82) is 0 Å². The summed E-state index contributed by atoms with van der Waals surface area (Å²) in [5.74, 6) is -0.375. The number of amides is 3. The van der Waals surface area contributed by atoms with Gasteiger partial charge in [-0.2, -0.15) is 11.8 Å². The van der Waals surface area contributed by atoms with Crippen LogP contribution in [0, 0.1) is 0 Å². The summed E-state index contributed by atoms with van der Waals surface area (Å²) >= 11 is 6.80. The summed E-state index contributed by atoms with van der Waals surface area (Å²) in [5, 5.41) is 2.10. The van der Waals surface area contributed by atoms with E-state index in [1.54, 1.807) is 18.7 Å². The van der Waals surface area contributed by atoms with Crippen molar-refractivity contribution in [2.45, 2.75) is 30.6 Å². The maximum absolute atomic E-state index is 11.7. The van der Waals surface area contributed by atoms with Gasteiger partial charge in [-0.05, 0) is 26.0 Å². The van der Waals surface area contributed by atoms with E-state index in [0.29, 0.717) is 18.1 Å². The Kier molecular flexibility index (Phi) is 5.57. The number of thioether (sulfide) groups is 1. The van der Waals surface area contributed by atoms with Gasteiger partial charge >= 0.3 is 6.03 Å². The zero-order chi connectivity index (χ0) is 14.6. The number of nitrogens with zero attached hydrogens (tertiary/aromatic N) is 1. The minimum atomic E-state index is -0.824. The molecule has 108 valence electrons. The first-order valence-corrected chi connectivity index (χ1v) is 7.65. The maximum Gasteiger partial charge on any atom is 0.318 e. The highest BCUT2D eigenvalue weighted by Crippen LogP contribution is 2.35. The number of nitrogens with one attached hydrogen (secondary N) is 1. The molecule has 1 atom stereocenters. The molecule has 0 aromatic rings. The second-order valence-electron chi connectivity index (χ2n) is 4.63. The van der Waals surface area contributed by atoms with Gasteiger partial charge in [-0.25, -0.2) is 4.79 Å². The van der Waals surface area contributed by atoms with Gasteiger partial charge in [0.25, 0.3) is 0 Å². The number of nitrogens with two attached hydrogens (primary N) is 2. The lowest BCUT2D eigenvalue weighted by molar-refractivity contribution is -0.125. The van der Waals surface area contributed by atoms with Crippen LogP contribution in [0.3, 0.4) is 0 Å². The number of carbonyl (C=O) groups excluding carboxylic acids is 2. The molecule has 0 aliphatic carbocycles.